The van der Waals surface area contributed by atoms with E-state index in [0.29, 0.717) is 0 Å². The maximum atomic E-state index is 5.33. The predicted octanol–water partition coefficient (Wildman–Crippen LogP) is 2.32. The lowest BCUT2D eigenvalue weighted by atomic mass is 10.3. The van der Waals surface area contributed by atoms with E-state index in [-0.39, 0.29) is 0 Å². The van der Waals surface area contributed by atoms with Crippen molar-refractivity contribution in [3.63, 3.8) is 0 Å². The van der Waals surface area contributed by atoms with Gasteiger partial charge in [0.2, 0.25) is 0 Å². The van der Waals surface area contributed by atoms with Gasteiger partial charge in [0.1, 0.15) is 0 Å². The number of nitrogens with one attached hydrogen (secondary N) is 1. The van der Waals surface area contributed by atoms with Crippen LogP contribution in [-0.2, 0) is 11.3 Å². The summed E-state index contributed by atoms with van der Waals surface area (Å²) in [5, 5.41) is 5.62. The Kier molecular flexibility index (Phi) is 5.94. The fourth-order valence-electron chi connectivity index (χ4n) is 1.91. The summed E-state index contributed by atoms with van der Waals surface area (Å²) in [6, 6.07) is 2.18. The van der Waals surface area contributed by atoms with Crippen molar-refractivity contribution >= 4 is 27.3 Å². The lowest BCUT2D eigenvalue weighted by Gasteiger charge is -2.26. The molecule has 2 rings (SSSR count). The average molecular weight is 319 g/mol. The summed E-state index contributed by atoms with van der Waals surface area (Å²) in [5.74, 6) is 0. The Morgan fingerprint density at radius 2 is 2.24 bits per heavy atom. The van der Waals surface area contributed by atoms with Gasteiger partial charge in [0, 0.05) is 34.4 Å². The third-order valence-corrected chi connectivity index (χ3v) is 4.55. The Labute approximate surface area is 115 Å². The number of nitrogens with zero attached hydrogens (tertiary/aromatic N) is 1. The molecule has 1 N–H and O–H groups in total. The zero-order valence-corrected chi connectivity index (χ0v) is 12.4. The summed E-state index contributed by atoms with van der Waals surface area (Å²) < 4.78 is 6.51. The number of halogens is 1. The lowest BCUT2D eigenvalue weighted by Crippen LogP contribution is -2.37. The Bertz CT molecular complexity index is 326. The fourth-order valence-corrected chi connectivity index (χ4v) is 3.33. The van der Waals surface area contributed by atoms with Gasteiger partial charge in [0.15, 0.2) is 0 Å². The molecule has 1 aliphatic heterocycles. The highest BCUT2D eigenvalue weighted by atomic mass is 79.9. The van der Waals surface area contributed by atoms with Crippen molar-refractivity contribution in [3.8, 4) is 0 Å². The topological polar surface area (TPSA) is 24.5 Å². The monoisotopic (exact) mass is 318 g/mol. The quantitative estimate of drug-likeness (QED) is 0.815. The molecule has 1 saturated heterocycles. The maximum absolute atomic E-state index is 5.33. The van der Waals surface area contributed by atoms with Crippen molar-refractivity contribution in [2.24, 2.45) is 0 Å². The number of ether oxygens (including phenoxy) is 1. The third-order valence-electron chi connectivity index (χ3n) is 2.85. The van der Waals surface area contributed by atoms with E-state index in [9.17, 15) is 0 Å². The zero-order chi connectivity index (χ0) is 11.9. The zero-order valence-electron chi connectivity index (χ0n) is 9.95. The summed E-state index contributed by atoms with van der Waals surface area (Å²) in [6.45, 7) is 7.25. The van der Waals surface area contributed by atoms with Crippen molar-refractivity contribution in [2.75, 3.05) is 39.4 Å². The molecule has 0 atom stereocenters. The van der Waals surface area contributed by atoms with Crippen LogP contribution in [0.15, 0.2) is 15.9 Å². The van der Waals surface area contributed by atoms with Crippen LogP contribution >= 0.6 is 27.3 Å². The van der Waals surface area contributed by atoms with Crippen molar-refractivity contribution in [3.05, 3.63) is 20.8 Å². The second-order valence-electron chi connectivity index (χ2n) is 4.22. The number of hydrogen-bond donors (Lipinski definition) is 1. The highest BCUT2D eigenvalue weighted by Gasteiger charge is 2.08. The van der Waals surface area contributed by atoms with E-state index in [4.69, 9.17) is 4.74 Å². The lowest BCUT2D eigenvalue weighted by molar-refractivity contribution is 0.0374. The van der Waals surface area contributed by atoms with E-state index < -0.39 is 0 Å². The van der Waals surface area contributed by atoms with Crippen LogP contribution in [0, 0.1) is 0 Å². The molecule has 1 fully saturated rings. The maximum Gasteiger partial charge on any atom is 0.0594 e. The first-order valence-corrected chi connectivity index (χ1v) is 7.75. The van der Waals surface area contributed by atoms with E-state index >= 15 is 0 Å². The number of morpholine rings is 1. The van der Waals surface area contributed by atoms with Crippen molar-refractivity contribution in [2.45, 2.75) is 13.0 Å². The highest BCUT2D eigenvalue weighted by Crippen LogP contribution is 2.19. The smallest absolute Gasteiger partial charge is 0.0594 e. The molecule has 3 nitrogen and oxygen atoms in total. The largest absolute Gasteiger partial charge is 0.379 e. The third kappa shape index (κ3) is 5.06. The second-order valence-corrected chi connectivity index (χ2v) is 6.13. The number of thiophene rings is 1. The summed E-state index contributed by atoms with van der Waals surface area (Å²) in [7, 11) is 0. The first kappa shape index (κ1) is 13.5. The van der Waals surface area contributed by atoms with Crippen LogP contribution in [0.4, 0.5) is 0 Å². The van der Waals surface area contributed by atoms with Crippen molar-refractivity contribution in [1.82, 2.24) is 10.2 Å². The van der Waals surface area contributed by atoms with Gasteiger partial charge in [-0.25, -0.2) is 0 Å². The minimum absolute atomic E-state index is 0.899. The minimum Gasteiger partial charge on any atom is -0.379 e. The van der Waals surface area contributed by atoms with Gasteiger partial charge in [-0.1, -0.05) is 0 Å². The van der Waals surface area contributed by atoms with Gasteiger partial charge in [-0.2, -0.15) is 0 Å². The highest BCUT2D eigenvalue weighted by molar-refractivity contribution is 9.10. The van der Waals surface area contributed by atoms with E-state index in [1.54, 1.807) is 11.3 Å². The Morgan fingerprint density at radius 3 is 2.94 bits per heavy atom. The summed E-state index contributed by atoms with van der Waals surface area (Å²) >= 11 is 5.27. The molecule has 2 heterocycles. The van der Waals surface area contributed by atoms with Gasteiger partial charge in [-0.15, -0.1) is 11.3 Å². The molecule has 1 aromatic heterocycles. The van der Waals surface area contributed by atoms with Crippen LogP contribution < -0.4 is 5.32 Å². The van der Waals surface area contributed by atoms with Gasteiger partial charge < -0.3 is 10.1 Å². The molecule has 0 aliphatic carbocycles. The summed E-state index contributed by atoms with van der Waals surface area (Å²) in [5.41, 5.74) is 0. The molecule has 0 spiro atoms. The molecular weight excluding hydrogens is 300 g/mol. The SMILES string of the molecule is Brc1csc(CNCCCN2CCOCC2)c1. The van der Waals surface area contributed by atoms with E-state index in [1.807, 2.05) is 0 Å². The number of hydrogen-bond acceptors (Lipinski definition) is 4. The van der Waals surface area contributed by atoms with Crippen LogP contribution in [0.3, 0.4) is 0 Å². The molecule has 96 valence electrons. The van der Waals surface area contributed by atoms with Crippen LogP contribution in [0.25, 0.3) is 0 Å². The Morgan fingerprint density at radius 1 is 1.41 bits per heavy atom. The van der Waals surface area contributed by atoms with Gasteiger partial charge >= 0.3 is 0 Å². The van der Waals surface area contributed by atoms with Crippen LogP contribution in [-0.4, -0.2) is 44.3 Å². The van der Waals surface area contributed by atoms with Crippen molar-refractivity contribution in [1.29, 1.82) is 0 Å². The molecule has 1 aliphatic rings. The fraction of sp³-hybridized carbons (Fsp3) is 0.667. The number of rotatable bonds is 6. The Hall–Kier alpha value is 0.0600. The normalized spacial score (nSPS) is 17.5. The van der Waals surface area contributed by atoms with Crippen molar-refractivity contribution < 1.29 is 4.74 Å². The molecule has 0 saturated carbocycles. The molecule has 0 amide bonds. The van der Waals surface area contributed by atoms with Crippen LogP contribution in [0.2, 0.25) is 0 Å². The molecule has 0 unspecified atom stereocenters. The molecule has 0 aromatic carbocycles. The predicted molar refractivity (Wildman–Crippen MR) is 75.6 cm³/mol. The molecule has 1 aromatic rings. The first-order chi connectivity index (χ1) is 8.34. The van der Waals surface area contributed by atoms with Gasteiger partial charge in [-0.3, -0.25) is 4.90 Å². The standard InChI is InChI=1S/C12H19BrN2OS/c13-11-8-12(17-10-11)9-14-2-1-3-15-4-6-16-7-5-15/h8,10,14H,1-7,9H2. The first-order valence-electron chi connectivity index (χ1n) is 6.08. The molecule has 0 radical (unpaired) electrons. The summed E-state index contributed by atoms with van der Waals surface area (Å²) in [4.78, 5) is 3.87. The Balaban J connectivity index is 1.51. The van der Waals surface area contributed by atoms with Crippen LogP contribution in [0.5, 0.6) is 0 Å². The van der Waals surface area contributed by atoms with E-state index in [2.05, 4.69) is 37.6 Å². The van der Waals surface area contributed by atoms with E-state index in [1.165, 1.54) is 22.3 Å². The summed E-state index contributed by atoms with van der Waals surface area (Å²) in [6.07, 6.45) is 1.21. The molecule has 5 heteroatoms. The van der Waals surface area contributed by atoms with Gasteiger partial charge in [-0.05, 0) is 41.5 Å². The minimum atomic E-state index is 0.899. The molecular formula is C12H19BrN2OS. The molecule has 0 bridgehead atoms. The van der Waals surface area contributed by atoms with Gasteiger partial charge in [0.05, 0.1) is 13.2 Å². The second kappa shape index (κ2) is 7.48. The average Bonchev–Trinajstić information content (AvgIpc) is 2.76. The van der Waals surface area contributed by atoms with Crippen LogP contribution in [0.1, 0.15) is 11.3 Å². The molecule has 17 heavy (non-hydrogen) atoms. The van der Waals surface area contributed by atoms with E-state index in [0.717, 1.165) is 39.4 Å². The van der Waals surface area contributed by atoms with Gasteiger partial charge in [0.25, 0.3) is 0 Å².